The minimum atomic E-state index is -3.07. The molecule has 0 bridgehead atoms. The number of hydrogen-bond donors (Lipinski definition) is 0. The molecule has 0 aromatic carbocycles. The van der Waals surface area contributed by atoms with Gasteiger partial charge in [-0.3, -0.25) is 9.59 Å². The van der Waals surface area contributed by atoms with Crippen molar-refractivity contribution in [1.29, 1.82) is 0 Å². The molecule has 278 valence electrons. The summed E-state index contributed by atoms with van der Waals surface area (Å²) in [5, 5.41) is 0. The van der Waals surface area contributed by atoms with Crippen LogP contribution in [0.3, 0.4) is 0 Å². The van der Waals surface area contributed by atoms with E-state index in [-0.39, 0.29) is 25.6 Å². The van der Waals surface area contributed by atoms with Gasteiger partial charge in [0.25, 0.3) is 0 Å². The van der Waals surface area contributed by atoms with Gasteiger partial charge in [0.15, 0.2) is 6.10 Å². The van der Waals surface area contributed by atoms with Crippen LogP contribution in [0.25, 0.3) is 0 Å². The second-order valence-corrected chi connectivity index (χ2v) is 14.4. The summed E-state index contributed by atoms with van der Waals surface area (Å²) in [5.41, 5.74) is 0. The van der Waals surface area contributed by atoms with Crippen LogP contribution in [0.2, 0.25) is 0 Å². The summed E-state index contributed by atoms with van der Waals surface area (Å²) in [5.74, 6) is -0.762. The number of rotatable bonds is 38. The van der Waals surface area contributed by atoms with Crippen LogP contribution in [0.4, 0.5) is 0 Å². The fourth-order valence-electron chi connectivity index (χ4n) is 6.04. The molecule has 0 fully saturated rings. The molecule has 0 saturated heterocycles. The Hall–Kier alpha value is -1.04. The van der Waals surface area contributed by atoms with Crippen molar-refractivity contribution in [2.45, 2.75) is 225 Å². The van der Waals surface area contributed by atoms with Gasteiger partial charge >= 0.3 is 20.2 Å². The van der Waals surface area contributed by atoms with Crippen LogP contribution >= 0.6 is 8.25 Å². The van der Waals surface area contributed by atoms with Crippen molar-refractivity contribution in [3.05, 3.63) is 0 Å². The molecule has 0 aliphatic rings. The zero-order valence-corrected chi connectivity index (χ0v) is 31.8. The van der Waals surface area contributed by atoms with Crippen LogP contribution in [0, 0.1) is 0 Å². The molecule has 47 heavy (non-hydrogen) atoms. The first-order valence-electron chi connectivity index (χ1n) is 20.1. The lowest BCUT2D eigenvalue weighted by atomic mass is 10.0. The van der Waals surface area contributed by atoms with E-state index in [4.69, 9.17) is 9.47 Å². The fraction of sp³-hybridized carbons (Fsp3) is 0.949. The lowest BCUT2D eigenvalue weighted by Crippen LogP contribution is -2.29. The van der Waals surface area contributed by atoms with Gasteiger partial charge in [-0.05, 0) is 17.4 Å². The average Bonchev–Trinajstić information content (AvgIpc) is 3.05. The predicted octanol–water partition coefficient (Wildman–Crippen LogP) is 12.0. The molecule has 0 aromatic rings. The number of hydrogen-bond acceptors (Lipinski definition) is 7. The zero-order chi connectivity index (χ0) is 34.5. The molecule has 0 spiro atoms. The second-order valence-electron chi connectivity index (χ2n) is 13.7. The molecule has 2 atom stereocenters. The number of carbonyl (C=O) groups is 2. The van der Waals surface area contributed by atoms with E-state index >= 15 is 0 Å². The first kappa shape index (κ1) is 46.0. The first-order chi connectivity index (χ1) is 23.0. The van der Waals surface area contributed by atoms with Gasteiger partial charge in [0.05, 0.1) is 0 Å². The van der Waals surface area contributed by atoms with E-state index < -0.39 is 20.3 Å². The molecule has 2 unspecified atom stereocenters. The van der Waals surface area contributed by atoms with Gasteiger partial charge in [-0.1, -0.05) is 194 Å². The van der Waals surface area contributed by atoms with Gasteiger partial charge in [0.1, 0.15) is 13.2 Å². The zero-order valence-electron chi connectivity index (χ0n) is 30.9. The lowest BCUT2D eigenvalue weighted by molar-refractivity contribution is -0.190. The van der Waals surface area contributed by atoms with Crippen molar-refractivity contribution >= 4 is 20.2 Å². The molecular weight excluding hydrogens is 611 g/mol. The average molecular weight is 687 g/mol. The van der Waals surface area contributed by atoms with E-state index in [2.05, 4.69) is 18.4 Å². The standard InChI is InChI=1S/C39H75O7P/c1-3-5-7-9-11-13-15-17-19-21-23-25-27-29-31-33-38(40)44-35-37(36-45-47(42)43)46-39(41)34-32-30-28-26-24-22-20-18-16-14-12-10-8-6-4-2/h37H,3-36H2,1-2H3. The van der Waals surface area contributed by atoms with Gasteiger partial charge in [0.2, 0.25) is 0 Å². The molecule has 8 heteroatoms. The number of carbonyl (C=O) groups excluding carboxylic acids is 2. The summed E-state index contributed by atoms with van der Waals surface area (Å²) in [4.78, 5) is 35.4. The van der Waals surface area contributed by atoms with Crippen molar-refractivity contribution in [2.75, 3.05) is 13.2 Å². The SMILES string of the molecule is CCCCCCCCCCCCCCCCCC(=O)OCC(CO[P+](=O)[O-])OC(=O)CCCCCCCCCCCCCCCCC. The molecule has 0 amide bonds. The third-order valence-electron chi connectivity index (χ3n) is 9.06. The van der Waals surface area contributed by atoms with E-state index in [1.807, 2.05) is 0 Å². The van der Waals surface area contributed by atoms with E-state index in [1.165, 1.54) is 154 Å². The third-order valence-corrected chi connectivity index (χ3v) is 9.42. The van der Waals surface area contributed by atoms with Crippen molar-refractivity contribution in [2.24, 2.45) is 0 Å². The summed E-state index contributed by atoms with van der Waals surface area (Å²) in [6.45, 7) is 3.99. The van der Waals surface area contributed by atoms with Crippen LogP contribution in [0.15, 0.2) is 0 Å². The van der Waals surface area contributed by atoms with Gasteiger partial charge in [-0.2, -0.15) is 0 Å². The lowest BCUT2D eigenvalue weighted by Gasteiger charge is -2.16. The molecule has 0 saturated carbocycles. The Bertz CT molecular complexity index is 703. The maximum absolute atomic E-state index is 12.3. The first-order valence-corrected chi connectivity index (χ1v) is 21.2. The quantitative estimate of drug-likeness (QED) is 0.0362. The van der Waals surface area contributed by atoms with Crippen molar-refractivity contribution < 1.29 is 33.0 Å². The Morgan fingerprint density at radius 3 is 1.09 bits per heavy atom. The van der Waals surface area contributed by atoms with Crippen LogP contribution in [0.1, 0.15) is 219 Å². The van der Waals surface area contributed by atoms with Crippen LogP contribution < -0.4 is 4.89 Å². The summed E-state index contributed by atoms with van der Waals surface area (Å²) < 4.78 is 26.2. The van der Waals surface area contributed by atoms with Crippen molar-refractivity contribution in [1.82, 2.24) is 0 Å². The fourth-order valence-corrected chi connectivity index (χ4v) is 6.33. The number of unbranched alkanes of at least 4 members (excludes halogenated alkanes) is 28. The number of ether oxygens (including phenoxy) is 2. The summed E-state index contributed by atoms with van der Waals surface area (Å²) in [6.07, 6.45) is 37.4. The van der Waals surface area contributed by atoms with Crippen molar-refractivity contribution in [3.8, 4) is 0 Å². The molecule has 0 aromatic heterocycles. The summed E-state index contributed by atoms with van der Waals surface area (Å²) >= 11 is 0. The van der Waals surface area contributed by atoms with Crippen LogP contribution in [-0.4, -0.2) is 31.3 Å². The highest BCUT2D eigenvalue weighted by Gasteiger charge is 2.20. The Morgan fingerprint density at radius 2 is 0.766 bits per heavy atom. The van der Waals surface area contributed by atoms with E-state index in [1.54, 1.807) is 0 Å². The minimum absolute atomic E-state index is 0.189. The van der Waals surface area contributed by atoms with Gasteiger partial charge in [-0.25, -0.2) is 0 Å². The smallest absolute Gasteiger partial charge is 0.488 e. The highest BCUT2D eigenvalue weighted by atomic mass is 31.1. The summed E-state index contributed by atoms with van der Waals surface area (Å²) in [6, 6.07) is 0. The van der Waals surface area contributed by atoms with E-state index in [9.17, 15) is 19.0 Å². The monoisotopic (exact) mass is 687 g/mol. The van der Waals surface area contributed by atoms with E-state index in [0.29, 0.717) is 6.42 Å². The molecule has 0 N–H and O–H groups in total. The van der Waals surface area contributed by atoms with Crippen molar-refractivity contribution in [3.63, 3.8) is 0 Å². The van der Waals surface area contributed by atoms with Gasteiger partial charge in [-0.15, -0.1) is 4.52 Å². The summed E-state index contributed by atoms with van der Waals surface area (Å²) in [7, 11) is -3.07. The molecule has 0 radical (unpaired) electrons. The highest BCUT2D eigenvalue weighted by Crippen LogP contribution is 2.16. The maximum Gasteiger partial charge on any atom is 0.488 e. The van der Waals surface area contributed by atoms with Gasteiger partial charge < -0.3 is 14.4 Å². The Labute approximate surface area is 291 Å². The van der Waals surface area contributed by atoms with Crippen LogP contribution in [0.5, 0.6) is 0 Å². The molecule has 0 rings (SSSR count). The normalized spacial score (nSPS) is 12.3. The maximum atomic E-state index is 12.3. The third kappa shape index (κ3) is 37.6. The molecular formula is C39H75O7P. The Morgan fingerprint density at radius 1 is 0.468 bits per heavy atom. The second kappa shape index (κ2) is 37.8. The highest BCUT2D eigenvalue weighted by molar-refractivity contribution is 7.30. The molecule has 0 aliphatic carbocycles. The van der Waals surface area contributed by atoms with E-state index in [0.717, 1.165) is 38.5 Å². The molecule has 0 aliphatic heterocycles. The topological polar surface area (TPSA) is 102 Å². The van der Waals surface area contributed by atoms with Crippen LogP contribution in [-0.2, 0) is 28.2 Å². The van der Waals surface area contributed by atoms with Gasteiger partial charge in [0, 0.05) is 12.8 Å². The molecule has 0 heterocycles. The Kier molecular flexibility index (Phi) is 36.9. The molecule has 7 nitrogen and oxygen atoms in total. The largest absolute Gasteiger partial charge is 0.566 e. The minimum Gasteiger partial charge on any atom is -0.566 e. The number of esters is 2. The Balaban J connectivity index is 3.78. The predicted molar refractivity (Wildman–Crippen MR) is 193 cm³/mol.